The van der Waals surface area contributed by atoms with Crippen molar-refractivity contribution >= 4 is 48.5 Å². The summed E-state index contributed by atoms with van der Waals surface area (Å²) in [5.41, 5.74) is 3.57. The Bertz CT molecular complexity index is 1920. The number of hydrogen-bond acceptors (Lipinski definition) is 6. The van der Waals surface area contributed by atoms with Crippen molar-refractivity contribution in [3.8, 4) is 5.75 Å². The van der Waals surface area contributed by atoms with Gasteiger partial charge in [-0.15, -0.1) is 0 Å². The van der Waals surface area contributed by atoms with Crippen LogP contribution in [0.1, 0.15) is 72.1 Å². The summed E-state index contributed by atoms with van der Waals surface area (Å²) in [6.45, 7) is 6.63. The molecule has 0 aliphatic heterocycles. The number of para-hydroxylation sites is 1. The number of rotatable bonds is 11. The average molecular weight is 686 g/mol. The number of ether oxygens (including phenoxy) is 1. The number of fused-ring (bicyclic) bond motifs is 1. The van der Waals surface area contributed by atoms with Crippen molar-refractivity contribution in [1.29, 1.82) is 0 Å². The van der Waals surface area contributed by atoms with Gasteiger partial charge in [0.05, 0.1) is 22.0 Å². The second-order valence-electron chi connectivity index (χ2n) is 11.9. The molecule has 1 fully saturated rings. The number of nitrogens with zero attached hydrogens (tertiary/aromatic N) is 1. The van der Waals surface area contributed by atoms with E-state index in [9.17, 15) is 21.6 Å². The molecular formula is C34H40ClN3O6S2. The predicted octanol–water partition coefficient (Wildman–Crippen LogP) is 6.81. The number of sulfonamides is 2. The van der Waals surface area contributed by atoms with E-state index in [1.165, 1.54) is 24.3 Å². The van der Waals surface area contributed by atoms with Gasteiger partial charge in [0.1, 0.15) is 5.75 Å². The monoisotopic (exact) mass is 685 g/mol. The van der Waals surface area contributed by atoms with Crippen molar-refractivity contribution < 1.29 is 26.4 Å². The molecule has 0 atom stereocenters. The molecule has 1 aliphatic rings. The largest absolute Gasteiger partial charge is 0.494 e. The van der Waals surface area contributed by atoms with E-state index >= 15 is 0 Å². The Morgan fingerprint density at radius 3 is 2.09 bits per heavy atom. The summed E-state index contributed by atoms with van der Waals surface area (Å²) < 4.78 is 65.4. The zero-order valence-corrected chi connectivity index (χ0v) is 28.7. The molecule has 1 amide bonds. The molecule has 0 bridgehead atoms. The van der Waals surface area contributed by atoms with Gasteiger partial charge in [-0.2, -0.15) is 0 Å². The first kappa shape index (κ1) is 34.0. The molecule has 12 heteroatoms. The van der Waals surface area contributed by atoms with E-state index < -0.39 is 26.0 Å². The Morgan fingerprint density at radius 1 is 0.870 bits per heavy atom. The first-order chi connectivity index (χ1) is 21.9. The summed E-state index contributed by atoms with van der Waals surface area (Å²) in [4.78, 5) is 13.3. The van der Waals surface area contributed by atoms with Crippen LogP contribution in [0, 0.1) is 20.8 Å². The van der Waals surface area contributed by atoms with Gasteiger partial charge >= 0.3 is 0 Å². The predicted molar refractivity (Wildman–Crippen MR) is 181 cm³/mol. The summed E-state index contributed by atoms with van der Waals surface area (Å²) in [6, 6.07) is 15.9. The fourth-order valence-electron chi connectivity index (χ4n) is 6.12. The molecule has 2 N–H and O–H groups in total. The van der Waals surface area contributed by atoms with Crippen LogP contribution in [0.2, 0.25) is 5.02 Å². The Labute approximate surface area is 276 Å². The van der Waals surface area contributed by atoms with Gasteiger partial charge in [0.25, 0.3) is 15.9 Å². The van der Waals surface area contributed by atoms with Crippen molar-refractivity contribution in [2.75, 3.05) is 6.61 Å². The molecule has 0 radical (unpaired) electrons. The minimum Gasteiger partial charge on any atom is -0.494 e. The molecule has 1 aromatic heterocycles. The lowest BCUT2D eigenvalue weighted by Crippen LogP contribution is -2.34. The minimum absolute atomic E-state index is 0.0220. The molecule has 1 heterocycles. The zero-order chi connectivity index (χ0) is 33.1. The third kappa shape index (κ3) is 7.60. The molecule has 0 saturated heterocycles. The van der Waals surface area contributed by atoms with E-state index in [0.717, 1.165) is 65.9 Å². The Morgan fingerprint density at radius 2 is 1.46 bits per heavy atom. The Kier molecular flexibility index (Phi) is 10.5. The highest BCUT2D eigenvalue weighted by atomic mass is 35.5. The van der Waals surface area contributed by atoms with Gasteiger partial charge < -0.3 is 9.30 Å². The molecule has 1 saturated carbocycles. The maximum atomic E-state index is 13.5. The summed E-state index contributed by atoms with van der Waals surface area (Å²) in [7, 11) is -8.11. The van der Waals surface area contributed by atoms with E-state index in [1.807, 2.05) is 42.7 Å². The highest BCUT2D eigenvalue weighted by Gasteiger charge is 2.26. The first-order valence-electron chi connectivity index (χ1n) is 15.5. The molecule has 4 aromatic rings. The van der Waals surface area contributed by atoms with Crippen LogP contribution in [0.25, 0.3) is 10.9 Å². The highest BCUT2D eigenvalue weighted by molar-refractivity contribution is 7.90. The smallest absolute Gasteiger partial charge is 0.267 e. The van der Waals surface area contributed by atoms with E-state index in [2.05, 4.69) is 9.44 Å². The van der Waals surface area contributed by atoms with Crippen molar-refractivity contribution in [2.24, 2.45) is 0 Å². The van der Waals surface area contributed by atoms with Gasteiger partial charge in [0.15, 0.2) is 0 Å². The highest BCUT2D eigenvalue weighted by Crippen LogP contribution is 2.28. The van der Waals surface area contributed by atoms with Gasteiger partial charge in [-0.05, 0) is 93.6 Å². The molecule has 46 heavy (non-hydrogen) atoms. The second kappa shape index (κ2) is 14.2. The molecule has 246 valence electrons. The molecule has 3 aromatic carbocycles. The number of amides is 1. The number of carbonyl (C=O) groups is 1. The number of hydrogen-bond donors (Lipinski definition) is 2. The number of halogens is 1. The number of benzene rings is 3. The summed E-state index contributed by atoms with van der Waals surface area (Å²) in [5.74, 6) is -0.0252. The number of aryl methyl sites for hydroxylation is 3. The lowest BCUT2D eigenvalue weighted by Gasteiger charge is -2.16. The fraction of sp³-hybridized carbons (Fsp3) is 0.382. The third-order valence-corrected chi connectivity index (χ3v) is 12.0. The molecule has 5 rings (SSSR count). The fourth-order valence-corrected chi connectivity index (χ4v) is 8.50. The standard InChI is InChI=1S/C34H40ClN3O6S2/c1-23-21-27(22-24(2)33(23)35)44-20-10-19-38-25(3)32(30-13-8-9-14-31(30)38)34(39)37-46(42,43)29-17-15-28(16-18-29)45(40,41)36-26-11-6-4-5-7-12-26/h8-9,13-18,21-22,26,36H,4-7,10-12,19-20H2,1-3H3,(H,37,39). The number of nitrogens with one attached hydrogen (secondary N) is 2. The number of aromatic nitrogens is 1. The van der Waals surface area contributed by atoms with Crippen molar-refractivity contribution in [3.63, 3.8) is 0 Å². The molecule has 9 nitrogen and oxygen atoms in total. The van der Waals surface area contributed by atoms with E-state index in [-0.39, 0.29) is 21.4 Å². The van der Waals surface area contributed by atoms with Crippen molar-refractivity contribution in [2.45, 2.75) is 88.1 Å². The van der Waals surface area contributed by atoms with Crippen LogP contribution >= 0.6 is 11.6 Å². The van der Waals surface area contributed by atoms with E-state index in [4.69, 9.17) is 16.3 Å². The second-order valence-corrected chi connectivity index (χ2v) is 15.7. The summed E-state index contributed by atoms with van der Waals surface area (Å²) >= 11 is 6.27. The van der Waals surface area contributed by atoms with Crippen LogP contribution in [0.5, 0.6) is 5.75 Å². The summed E-state index contributed by atoms with van der Waals surface area (Å²) in [6.07, 6.45) is 6.34. The minimum atomic E-state index is -4.29. The van der Waals surface area contributed by atoms with Gasteiger partial charge in [0, 0.05) is 34.2 Å². The first-order valence-corrected chi connectivity index (χ1v) is 18.9. The maximum absolute atomic E-state index is 13.5. The summed E-state index contributed by atoms with van der Waals surface area (Å²) in [5, 5.41) is 1.35. The van der Waals surface area contributed by atoms with Gasteiger partial charge in [-0.25, -0.2) is 26.3 Å². The van der Waals surface area contributed by atoms with Crippen LogP contribution in [0.4, 0.5) is 0 Å². The average Bonchev–Trinajstić information content (AvgIpc) is 3.12. The quantitative estimate of drug-likeness (QED) is 0.132. The maximum Gasteiger partial charge on any atom is 0.267 e. The van der Waals surface area contributed by atoms with Gasteiger partial charge in [-0.1, -0.05) is 55.5 Å². The van der Waals surface area contributed by atoms with Crippen molar-refractivity contribution in [1.82, 2.24) is 14.0 Å². The lowest BCUT2D eigenvalue weighted by molar-refractivity contribution is 0.0982. The third-order valence-electron chi connectivity index (χ3n) is 8.51. The lowest BCUT2D eigenvalue weighted by atomic mass is 10.1. The Hall–Kier alpha value is -3.38. The zero-order valence-electron chi connectivity index (χ0n) is 26.3. The number of carbonyl (C=O) groups excluding carboxylic acids is 1. The van der Waals surface area contributed by atoms with E-state index in [0.29, 0.717) is 30.7 Å². The molecule has 0 spiro atoms. The van der Waals surface area contributed by atoms with Gasteiger partial charge in [-0.3, -0.25) is 4.79 Å². The van der Waals surface area contributed by atoms with Crippen LogP contribution in [-0.2, 0) is 26.6 Å². The van der Waals surface area contributed by atoms with Crippen LogP contribution in [0.3, 0.4) is 0 Å². The molecule has 1 aliphatic carbocycles. The molecule has 0 unspecified atom stereocenters. The Balaban J connectivity index is 1.28. The van der Waals surface area contributed by atoms with Gasteiger partial charge in [0.2, 0.25) is 10.0 Å². The van der Waals surface area contributed by atoms with Crippen LogP contribution in [0.15, 0.2) is 70.5 Å². The topological polar surface area (TPSA) is 124 Å². The normalized spacial score (nSPS) is 14.7. The van der Waals surface area contributed by atoms with Crippen LogP contribution in [-0.4, -0.2) is 40.0 Å². The van der Waals surface area contributed by atoms with Crippen LogP contribution < -0.4 is 14.2 Å². The molecular weight excluding hydrogens is 646 g/mol. The van der Waals surface area contributed by atoms with E-state index in [1.54, 1.807) is 19.1 Å². The van der Waals surface area contributed by atoms with Crippen molar-refractivity contribution in [3.05, 3.63) is 88.1 Å². The SMILES string of the molecule is Cc1cc(OCCCn2c(C)c(C(=O)NS(=O)(=O)c3ccc(S(=O)(=O)NC4CCCCCC4)cc3)c3ccccc32)cc(C)c1Cl.